The van der Waals surface area contributed by atoms with Crippen molar-refractivity contribution in [2.45, 2.75) is 77.5 Å². The summed E-state index contributed by atoms with van der Waals surface area (Å²) in [5.74, 6) is 0.918. The van der Waals surface area contributed by atoms with Gasteiger partial charge in [-0.05, 0) is 75.8 Å². The van der Waals surface area contributed by atoms with Crippen molar-refractivity contribution in [3.05, 3.63) is 46.8 Å². The van der Waals surface area contributed by atoms with E-state index in [-0.39, 0.29) is 12.0 Å². The first kappa shape index (κ1) is 19.0. The molecule has 28 heavy (non-hydrogen) atoms. The largest absolute Gasteiger partial charge is 0.491 e. The Kier molecular flexibility index (Phi) is 5.42. The number of benzene rings is 1. The number of ether oxygens (including phenoxy) is 1. The Morgan fingerprint density at radius 1 is 1.18 bits per heavy atom. The van der Waals surface area contributed by atoms with E-state index in [1.54, 1.807) is 0 Å². The van der Waals surface area contributed by atoms with E-state index < -0.39 is 0 Å². The van der Waals surface area contributed by atoms with Crippen molar-refractivity contribution in [3.8, 4) is 5.75 Å². The molecule has 0 radical (unpaired) electrons. The highest BCUT2D eigenvalue weighted by atomic mass is 16.5. The van der Waals surface area contributed by atoms with Crippen LogP contribution in [-0.4, -0.2) is 32.7 Å². The highest BCUT2D eigenvalue weighted by Gasteiger charge is 2.30. The molecule has 2 aliphatic rings. The third-order valence-electron chi connectivity index (χ3n) is 6.02. The Bertz CT molecular complexity index is 832. The molecule has 0 spiro atoms. The maximum atomic E-state index is 13.4. The zero-order chi connectivity index (χ0) is 19.7. The molecular weight excluding hydrogens is 350 g/mol. The van der Waals surface area contributed by atoms with Crippen LogP contribution in [0, 0.1) is 0 Å². The summed E-state index contributed by atoms with van der Waals surface area (Å²) in [6, 6.07) is 7.91. The van der Waals surface area contributed by atoms with E-state index in [0.29, 0.717) is 12.6 Å². The SMILES string of the molecule is CC(C)Oc1ccc(C(=O)N(Cc2nn(C)c3c2CCC3)C2CCCC2)cc1. The van der Waals surface area contributed by atoms with Gasteiger partial charge in [-0.25, -0.2) is 0 Å². The Labute approximate surface area is 167 Å². The lowest BCUT2D eigenvalue weighted by Crippen LogP contribution is -2.38. The van der Waals surface area contributed by atoms with Crippen LogP contribution in [0.3, 0.4) is 0 Å². The predicted octanol–water partition coefficient (Wildman–Crippen LogP) is 4.28. The second-order valence-corrected chi connectivity index (χ2v) is 8.41. The van der Waals surface area contributed by atoms with Gasteiger partial charge in [0.05, 0.1) is 18.3 Å². The summed E-state index contributed by atoms with van der Waals surface area (Å²) in [6.45, 7) is 4.63. The van der Waals surface area contributed by atoms with Gasteiger partial charge >= 0.3 is 0 Å². The molecule has 2 aromatic rings. The summed E-state index contributed by atoms with van der Waals surface area (Å²) >= 11 is 0. The highest BCUT2D eigenvalue weighted by molar-refractivity contribution is 5.94. The first-order valence-electron chi connectivity index (χ1n) is 10.6. The van der Waals surface area contributed by atoms with Gasteiger partial charge in [-0.2, -0.15) is 5.10 Å². The van der Waals surface area contributed by atoms with Crippen molar-refractivity contribution in [2.75, 3.05) is 0 Å². The number of hydrogen-bond acceptors (Lipinski definition) is 3. The molecule has 1 fully saturated rings. The van der Waals surface area contributed by atoms with Crippen molar-refractivity contribution in [1.82, 2.24) is 14.7 Å². The number of aromatic nitrogens is 2. The van der Waals surface area contributed by atoms with Crippen LogP contribution in [-0.2, 0) is 26.4 Å². The molecule has 1 amide bonds. The second-order valence-electron chi connectivity index (χ2n) is 8.41. The van der Waals surface area contributed by atoms with Gasteiger partial charge in [0.2, 0.25) is 0 Å². The van der Waals surface area contributed by atoms with Crippen LogP contribution in [0.15, 0.2) is 24.3 Å². The number of amides is 1. The highest BCUT2D eigenvalue weighted by Crippen LogP contribution is 2.30. The molecule has 1 heterocycles. The molecule has 0 bridgehead atoms. The minimum atomic E-state index is 0.111. The zero-order valence-electron chi connectivity index (χ0n) is 17.3. The van der Waals surface area contributed by atoms with Gasteiger partial charge in [-0.3, -0.25) is 9.48 Å². The van der Waals surface area contributed by atoms with Crippen LogP contribution < -0.4 is 4.74 Å². The standard InChI is InChI=1S/C23H31N3O2/c1-16(2)28-19-13-11-17(12-14-19)23(27)26(18-7-4-5-8-18)15-21-20-9-6-10-22(20)25(3)24-21/h11-14,16,18H,4-10,15H2,1-3H3. The fourth-order valence-corrected chi connectivity index (χ4v) is 4.68. The van der Waals surface area contributed by atoms with Crippen LogP contribution in [0.4, 0.5) is 0 Å². The molecule has 1 aromatic heterocycles. The van der Waals surface area contributed by atoms with Gasteiger partial charge < -0.3 is 9.64 Å². The molecule has 1 saturated carbocycles. The van der Waals surface area contributed by atoms with E-state index in [9.17, 15) is 4.79 Å². The molecule has 0 atom stereocenters. The van der Waals surface area contributed by atoms with Gasteiger partial charge in [-0.1, -0.05) is 12.8 Å². The average Bonchev–Trinajstić information content (AvgIpc) is 3.40. The number of fused-ring (bicyclic) bond motifs is 1. The van der Waals surface area contributed by atoms with Crippen molar-refractivity contribution in [1.29, 1.82) is 0 Å². The number of carbonyl (C=O) groups is 1. The molecule has 4 rings (SSSR count). The Morgan fingerprint density at radius 2 is 1.89 bits per heavy atom. The minimum absolute atomic E-state index is 0.111. The lowest BCUT2D eigenvalue weighted by molar-refractivity contribution is 0.0661. The van der Waals surface area contributed by atoms with Crippen LogP contribution >= 0.6 is 0 Å². The van der Waals surface area contributed by atoms with Crippen molar-refractivity contribution >= 4 is 5.91 Å². The summed E-state index contributed by atoms with van der Waals surface area (Å²) in [4.78, 5) is 15.5. The van der Waals surface area contributed by atoms with E-state index >= 15 is 0 Å². The molecule has 0 N–H and O–H groups in total. The number of rotatable bonds is 6. The van der Waals surface area contributed by atoms with Gasteiger partial charge in [-0.15, -0.1) is 0 Å². The van der Waals surface area contributed by atoms with Crippen molar-refractivity contribution in [2.24, 2.45) is 7.05 Å². The molecule has 0 unspecified atom stereocenters. The quantitative estimate of drug-likeness (QED) is 0.750. The number of hydrogen-bond donors (Lipinski definition) is 0. The van der Waals surface area contributed by atoms with Gasteiger partial charge in [0.15, 0.2) is 0 Å². The first-order chi connectivity index (χ1) is 13.5. The normalized spacial score (nSPS) is 16.6. The molecular formula is C23H31N3O2. The molecule has 0 saturated heterocycles. The third kappa shape index (κ3) is 3.80. The lowest BCUT2D eigenvalue weighted by atomic mass is 10.1. The Hall–Kier alpha value is -2.30. The minimum Gasteiger partial charge on any atom is -0.491 e. The van der Waals surface area contributed by atoms with E-state index in [2.05, 4.69) is 4.90 Å². The summed E-state index contributed by atoms with van der Waals surface area (Å²) in [5.41, 5.74) is 4.55. The molecule has 5 nitrogen and oxygen atoms in total. The van der Waals surface area contributed by atoms with Gasteiger partial charge in [0.25, 0.3) is 5.91 Å². The molecule has 5 heteroatoms. The molecule has 0 aliphatic heterocycles. The lowest BCUT2D eigenvalue weighted by Gasteiger charge is -2.29. The van der Waals surface area contributed by atoms with Gasteiger partial charge in [0.1, 0.15) is 5.75 Å². The number of carbonyl (C=O) groups excluding carboxylic acids is 1. The zero-order valence-corrected chi connectivity index (χ0v) is 17.3. The summed E-state index contributed by atoms with van der Waals surface area (Å²) in [5, 5.41) is 4.77. The summed E-state index contributed by atoms with van der Waals surface area (Å²) in [6.07, 6.45) is 8.11. The van der Waals surface area contributed by atoms with Crippen LogP contribution in [0.1, 0.15) is 73.3 Å². The van der Waals surface area contributed by atoms with Crippen molar-refractivity contribution < 1.29 is 9.53 Å². The fraction of sp³-hybridized carbons (Fsp3) is 0.565. The topological polar surface area (TPSA) is 47.4 Å². The van der Waals surface area contributed by atoms with Crippen LogP contribution in [0.5, 0.6) is 5.75 Å². The van der Waals surface area contributed by atoms with E-state index in [4.69, 9.17) is 9.84 Å². The van der Waals surface area contributed by atoms with Crippen molar-refractivity contribution in [3.63, 3.8) is 0 Å². The summed E-state index contributed by atoms with van der Waals surface area (Å²) in [7, 11) is 2.03. The first-order valence-corrected chi connectivity index (χ1v) is 10.6. The molecule has 2 aliphatic carbocycles. The van der Waals surface area contributed by atoms with Crippen LogP contribution in [0.2, 0.25) is 0 Å². The predicted molar refractivity (Wildman–Crippen MR) is 110 cm³/mol. The van der Waals surface area contributed by atoms with E-state index in [0.717, 1.165) is 42.7 Å². The Balaban J connectivity index is 1.57. The maximum Gasteiger partial charge on any atom is 0.254 e. The maximum absolute atomic E-state index is 13.4. The smallest absolute Gasteiger partial charge is 0.254 e. The fourth-order valence-electron chi connectivity index (χ4n) is 4.68. The molecule has 1 aromatic carbocycles. The van der Waals surface area contributed by atoms with E-state index in [1.807, 2.05) is 49.8 Å². The summed E-state index contributed by atoms with van der Waals surface area (Å²) < 4.78 is 7.74. The van der Waals surface area contributed by atoms with E-state index in [1.165, 1.54) is 30.5 Å². The van der Waals surface area contributed by atoms with Gasteiger partial charge in [0, 0.05) is 24.3 Å². The number of aryl methyl sites for hydroxylation is 1. The average molecular weight is 382 g/mol. The van der Waals surface area contributed by atoms with Crippen LogP contribution in [0.25, 0.3) is 0 Å². The monoisotopic (exact) mass is 381 g/mol. The third-order valence-corrected chi connectivity index (χ3v) is 6.02. The number of nitrogens with zero attached hydrogens (tertiary/aromatic N) is 3. The second kappa shape index (κ2) is 7.98. The Morgan fingerprint density at radius 3 is 2.57 bits per heavy atom. The molecule has 150 valence electrons.